The molecule has 0 aliphatic heterocycles. The number of anilines is 1. The first-order valence-corrected chi connectivity index (χ1v) is 8.82. The van der Waals surface area contributed by atoms with Gasteiger partial charge in [-0.25, -0.2) is 4.79 Å². The molecule has 0 radical (unpaired) electrons. The number of hydrogen-bond donors (Lipinski definition) is 0. The van der Waals surface area contributed by atoms with Crippen molar-refractivity contribution in [2.75, 3.05) is 18.1 Å². The van der Waals surface area contributed by atoms with Crippen molar-refractivity contribution in [2.24, 2.45) is 0 Å². The summed E-state index contributed by atoms with van der Waals surface area (Å²) in [5.41, 5.74) is 5.05. The molecular weight excluding hydrogens is 340 g/mol. The second kappa shape index (κ2) is 9.00. The van der Waals surface area contributed by atoms with Crippen LogP contribution in [0.4, 0.5) is 5.69 Å². The molecule has 2 aromatic carbocycles. The lowest BCUT2D eigenvalue weighted by Gasteiger charge is -2.22. The molecule has 0 atom stereocenters. The van der Waals surface area contributed by atoms with Crippen LogP contribution < -0.4 is 4.90 Å². The fourth-order valence-corrected chi connectivity index (χ4v) is 2.99. The standard InChI is InChI=1S/C22H24N2O3/c1-15-6-7-20(18(4)11-15)22(26)27-14-21(25)24(9-5-8-23)19-12-16(2)10-17(3)13-19/h6-7,10-13H,5,9,14H2,1-4H3. The maximum Gasteiger partial charge on any atom is 0.338 e. The fraction of sp³-hybridized carbons (Fsp3) is 0.318. The van der Waals surface area contributed by atoms with E-state index in [1.807, 2.05) is 58.0 Å². The first-order chi connectivity index (χ1) is 12.8. The highest BCUT2D eigenvalue weighted by atomic mass is 16.5. The Balaban J connectivity index is 2.13. The number of amides is 1. The van der Waals surface area contributed by atoms with Crippen molar-refractivity contribution in [1.82, 2.24) is 0 Å². The van der Waals surface area contributed by atoms with Crippen LogP contribution in [0.25, 0.3) is 0 Å². The third-order valence-electron chi connectivity index (χ3n) is 4.19. The Morgan fingerprint density at radius 3 is 2.26 bits per heavy atom. The molecule has 0 bridgehead atoms. The number of nitrogens with zero attached hydrogens (tertiary/aromatic N) is 2. The van der Waals surface area contributed by atoms with Gasteiger partial charge in [0.15, 0.2) is 6.61 Å². The van der Waals surface area contributed by atoms with Gasteiger partial charge in [0.05, 0.1) is 18.1 Å². The zero-order chi connectivity index (χ0) is 20.0. The van der Waals surface area contributed by atoms with Crippen LogP contribution in [0, 0.1) is 39.0 Å². The van der Waals surface area contributed by atoms with E-state index in [2.05, 4.69) is 6.07 Å². The third kappa shape index (κ3) is 5.42. The molecule has 0 heterocycles. The molecule has 140 valence electrons. The van der Waals surface area contributed by atoms with Crippen molar-refractivity contribution in [1.29, 1.82) is 5.26 Å². The monoisotopic (exact) mass is 364 g/mol. The van der Waals surface area contributed by atoms with Gasteiger partial charge in [-0.3, -0.25) is 4.79 Å². The number of ether oxygens (including phenoxy) is 1. The molecule has 0 aromatic heterocycles. The summed E-state index contributed by atoms with van der Waals surface area (Å²) in [5.74, 6) is -0.880. The summed E-state index contributed by atoms with van der Waals surface area (Å²) in [6, 6.07) is 13.3. The molecule has 0 unspecified atom stereocenters. The maximum atomic E-state index is 12.7. The van der Waals surface area contributed by atoms with Crippen LogP contribution in [-0.4, -0.2) is 25.0 Å². The Morgan fingerprint density at radius 2 is 1.67 bits per heavy atom. The van der Waals surface area contributed by atoms with Gasteiger partial charge < -0.3 is 9.64 Å². The highest BCUT2D eigenvalue weighted by Gasteiger charge is 2.19. The Labute approximate surface area is 160 Å². The molecule has 0 saturated heterocycles. The summed E-state index contributed by atoms with van der Waals surface area (Å²) in [5, 5.41) is 8.90. The number of esters is 1. The van der Waals surface area contributed by atoms with Crippen molar-refractivity contribution < 1.29 is 14.3 Å². The molecule has 1 amide bonds. The van der Waals surface area contributed by atoms with Crippen molar-refractivity contribution in [3.8, 4) is 6.07 Å². The van der Waals surface area contributed by atoms with Crippen LogP contribution in [0.15, 0.2) is 36.4 Å². The van der Waals surface area contributed by atoms with Gasteiger partial charge in [-0.2, -0.15) is 5.26 Å². The predicted octanol–water partition coefficient (Wildman–Crippen LogP) is 4.02. The van der Waals surface area contributed by atoms with E-state index in [4.69, 9.17) is 10.00 Å². The maximum absolute atomic E-state index is 12.7. The lowest BCUT2D eigenvalue weighted by atomic mass is 10.1. The lowest BCUT2D eigenvalue weighted by Crippen LogP contribution is -2.35. The summed E-state index contributed by atoms with van der Waals surface area (Å²) >= 11 is 0. The predicted molar refractivity (Wildman–Crippen MR) is 105 cm³/mol. The zero-order valence-corrected chi connectivity index (χ0v) is 16.2. The Bertz CT molecular complexity index is 877. The number of carbonyl (C=O) groups excluding carboxylic acids is 2. The normalized spacial score (nSPS) is 10.2. The quantitative estimate of drug-likeness (QED) is 0.726. The lowest BCUT2D eigenvalue weighted by molar-refractivity contribution is -0.121. The molecule has 5 nitrogen and oxygen atoms in total. The van der Waals surface area contributed by atoms with E-state index >= 15 is 0 Å². The van der Waals surface area contributed by atoms with E-state index in [9.17, 15) is 9.59 Å². The smallest absolute Gasteiger partial charge is 0.338 e. The number of carbonyl (C=O) groups is 2. The average Bonchev–Trinajstić information content (AvgIpc) is 2.59. The van der Waals surface area contributed by atoms with E-state index in [-0.39, 0.29) is 25.5 Å². The molecule has 0 spiro atoms. The van der Waals surface area contributed by atoms with E-state index in [0.717, 1.165) is 22.3 Å². The Morgan fingerprint density at radius 1 is 1.00 bits per heavy atom. The topological polar surface area (TPSA) is 70.4 Å². The Hall–Kier alpha value is -3.13. The molecule has 0 aliphatic carbocycles. The van der Waals surface area contributed by atoms with Gasteiger partial charge in [0.2, 0.25) is 0 Å². The van der Waals surface area contributed by atoms with Crippen molar-refractivity contribution in [3.05, 3.63) is 64.2 Å². The number of rotatable bonds is 6. The molecule has 0 N–H and O–H groups in total. The highest BCUT2D eigenvalue weighted by Crippen LogP contribution is 2.20. The molecule has 5 heteroatoms. The molecular formula is C22H24N2O3. The molecule has 2 aromatic rings. The van der Waals surface area contributed by atoms with Gasteiger partial charge in [-0.05, 0) is 62.6 Å². The SMILES string of the molecule is Cc1cc(C)cc(N(CCC#N)C(=O)COC(=O)c2ccc(C)cc2C)c1. The summed E-state index contributed by atoms with van der Waals surface area (Å²) in [6.07, 6.45) is 0.198. The van der Waals surface area contributed by atoms with Gasteiger partial charge in [-0.1, -0.05) is 23.8 Å². The van der Waals surface area contributed by atoms with Gasteiger partial charge >= 0.3 is 5.97 Å². The number of hydrogen-bond acceptors (Lipinski definition) is 4. The fourth-order valence-electron chi connectivity index (χ4n) is 2.99. The molecule has 0 saturated carbocycles. The minimum atomic E-state index is -0.526. The minimum Gasteiger partial charge on any atom is -0.452 e. The Kier molecular flexibility index (Phi) is 6.73. The van der Waals surface area contributed by atoms with Crippen LogP contribution in [0.3, 0.4) is 0 Å². The molecule has 0 aliphatic rings. The summed E-state index contributed by atoms with van der Waals surface area (Å²) in [4.78, 5) is 26.5. The average molecular weight is 364 g/mol. The second-order valence-corrected chi connectivity index (χ2v) is 6.69. The third-order valence-corrected chi connectivity index (χ3v) is 4.19. The summed E-state index contributed by atoms with van der Waals surface area (Å²) in [6.45, 7) is 7.56. The highest BCUT2D eigenvalue weighted by molar-refractivity contribution is 5.97. The first-order valence-electron chi connectivity index (χ1n) is 8.82. The zero-order valence-electron chi connectivity index (χ0n) is 16.2. The van der Waals surface area contributed by atoms with Crippen LogP contribution >= 0.6 is 0 Å². The van der Waals surface area contributed by atoms with E-state index < -0.39 is 5.97 Å². The van der Waals surface area contributed by atoms with Crippen LogP contribution in [0.2, 0.25) is 0 Å². The van der Waals surface area contributed by atoms with Gasteiger partial charge in [0.1, 0.15) is 0 Å². The molecule has 27 heavy (non-hydrogen) atoms. The molecule has 0 fully saturated rings. The van der Waals surface area contributed by atoms with Crippen LogP contribution in [0.1, 0.15) is 39.0 Å². The van der Waals surface area contributed by atoms with Gasteiger partial charge in [-0.15, -0.1) is 0 Å². The van der Waals surface area contributed by atoms with Crippen molar-refractivity contribution in [2.45, 2.75) is 34.1 Å². The summed E-state index contributed by atoms with van der Waals surface area (Å²) < 4.78 is 5.24. The summed E-state index contributed by atoms with van der Waals surface area (Å²) in [7, 11) is 0. The van der Waals surface area contributed by atoms with Crippen molar-refractivity contribution >= 4 is 17.6 Å². The van der Waals surface area contributed by atoms with Crippen LogP contribution in [-0.2, 0) is 9.53 Å². The largest absolute Gasteiger partial charge is 0.452 e. The van der Waals surface area contributed by atoms with Crippen molar-refractivity contribution in [3.63, 3.8) is 0 Å². The number of aryl methyl sites for hydroxylation is 4. The second-order valence-electron chi connectivity index (χ2n) is 6.69. The van der Waals surface area contributed by atoms with E-state index in [1.54, 1.807) is 6.07 Å². The van der Waals surface area contributed by atoms with Gasteiger partial charge in [0.25, 0.3) is 5.91 Å². The van der Waals surface area contributed by atoms with Gasteiger partial charge in [0, 0.05) is 12.2 Å². The molecule has 2 rings (SSSR count). The van der Waals surface area contributed by atoms with E-state index in [0.29, 0.717) is 11.3 Å². The number of nitriles is 1. The first kappa shape index (κ1) is 20.2. The van der Waals surface area contributed by atoms with Crippen LogP contribution in [0.5, 0.6) is 0 Å². The van der Waals surface area contributed by atoms with E-state index in [1.165, 1.54) is 4.90 Å². The number of benzene rings is 2. The minimum absolute atomic E-state index is 0.198.